The molecule has 0 bridgehead atoms. The van der Waals surface area contributed by atoms with Crippen LogP contribution in [0.1, 0.15) is 5.69 Å². The van der Waals surface area contributed by atoms with Crippen molar-refractivity contribution in [2.75, 3.05) is 32.2 Å². The zero-order chi connectivity index (χ0) is 16.3. The summed E-state index contributed by atoms with van der Waals surface area (Å²) >= 11 is 0. The van der Waals surface area contributed by atoms with Gasteiger partial charge < -0.3 is 20.1 Å². The van der Waals surface area contributed by atoms with Crippen LogP contribution in [0.3, 0.4) is 0 Å². The van der Waals surface area contributed by atoms with Crippen LogP contribution >= 0.6 is 0 Å². The predicted molar refractivity (Wildman–Crippen MR) is 88.8 cm³/mol. The first kappa shape index (κ1) is 16.8. The number of nitrogens with zero attached hydrogens (tertiary/aromatic N) is 1. The van der Waals surface area contributed by atoms with E-state index in [9.17, 15) is 4.79 Å². The Kier molecular flexibility index (Phi) is 6.87. The minimum absolute atomic E-state index is 0.255. The summed E-state index contributed by atoms with van der Waals surface area (Å²) in [6, 6.07) is 12.7. The number of pyridine rings is 1. The van der Waals surface area contributed by atoms with Crippen LogP contribution in [0, 0.1) is 0 Å². The third kappa shape index (κ3) is 6.36. The Morgan fingerprint density at radius 2 is 2.09 bits per heavy atom. The van der Waals surface area contributed by atoms with Gasteiger partial charge in [-0.05, 0) is 24.3 Å². The van der Waals surface area contributed by atoms with E-state index in [4.69, 9.17) is 9.47 Å². The summed E-state index contributed by atoms with van der Waals surface area (Å²) < 4.78 is 10.4. The minimum atomic E-state index is -0.255. The van der Waals surface area contributed by atoms with Crippen LogP contribution in [0.5, 0.6) is 5.75 Å². The van der Waals surface area contributed by atoms with Gasteiger partial charge >= 0.3 is 6.03 Å². The molecule has 0 radical (unpaired) electrons. The number of methoxy groups -OCH3 is 1. The largest absolute Gasteiger partial charge is 0.491 e. The Hall–Kier alpha value is -2.60. The molecule has 23 heavy (non-hydrogen) atoms. The van der Waals surface area contributed by atoms with E-state index in [1.54, 1.807) is 19.4 Å². The summed E-state index contributed by atoms with van der Waals surface area (Å²) in [6.07, 6.45) is 2.43. The zero-order valence-corrected chi connectivity index (χ0v) is 13.1. The molecule has 0 atom stereocenters. The third-order valence-electron chi connectivity index (χ3n) is 3.04. The summed E-state index contributed by atoms with van der Waals surface area (Å²) in [5.74, 6) is 0.688. The van der Waals surface area contributed by atoms with Crippen molar-refractivity contribution in [2.45, 2.75) is 6.42 Å². The smallest absolute Gasteiger partial charge is 0.319 e. The SMILES string of the molecule is COCCOc1cccc(NC(=O)NCCc2ccccn2)c1. The van der Waals surface area contributed by atoms with Crippen LogP contribution in [0.4, 0.5) is 10.5 Å². The molecule has 122 valence electrons. The molecule has 0 saturated heterocycles. The van der Waals surface area contributed by atoms with Gasteiger partial charge in [0.15, 0.2) is 0 Å². The lowest BCUT2D eigenvalue weighted by atomic mass is 10.3. The lowest BCUT2D eigenvalue weighted by Crippen LogP contribution is -2.30. The van der Waals surface area contributed by atoms with Crippen LogP contribution in [0.25, 0.3) is 0 Å². The molecule has 0 fully saturated rings. The highest BCUT2D eigenvalue weighted by Gasteiger charge is 2.03. The summed E-state index contributed by atoms with van der Waals surface area (Å²) in [5, 5.41) is 5.58. The number of aromatic nitrogens is 1. The van der Waals surface area contributed by atoms with Gasteiger partial charge in [0.25, 0.3) is 0 Å². The minimum Gasteiger partial charge on any atom is -0.491 e. The highest BCUT2D eigenvalue weighted by Crippen LogP contribution is 2.17. The van der Waals surface area contributed by atoms with E-state index in [0.717, 1.165) is 5.69 Å². The highest BCUT2D eigenvalue weighted by molar-refractivity contribution is 5.89. The van der Waals surface area contributed by atoms with E-state index >= 15 is 0 Å². The number of urea groups is 1. The van der Waals surface area contributed by atoms with Crippen LogP contribution in [-0.2, 0) is 11.2 Å². The Morgan fingerprint density at radius 1 is 1.17 bits per heavy atom. The molecule has 2 aromatic rings. The molecule has 0 saturated carbocycles. The Labute approximate surface area is 135 Å². The monoisotopic (exact) mass is 315 g/mol. The second-order valence-corrected chi connectivity index (χ2v) is 4.82. The van der Waals surface area contributed by atoms with Gasteiger partial charge in [0.2, 0.25) is 0 Å². The Morgan fingerprint density at radius 3 is 2.87 bits per heavy atom. The summed E-state index contributed by atoms with van der Waals surface area (Å²) in [6.45, 7) is 1.51. The summed E-state index contributed by atoms with van der Waals surface area (Å²) in [5.41, 5.74) is 1.62. The second-order valence-electron chi connectivity index (χ2n) is 4.82. The van der Waals surface area contributed by atoms with E-state index in [1.807, 2.05) is 36.4 Å². The third-order valence-corrected chi connectivity index (χ3v) is 3.04. The summed E-state index contributed by atoms with van der Waals surface area (Å²) in [7, 11) is 1.62. The Balaban J connectivity index is 1.75. The highest BCUT2D eigenvalue weighted by atomic mass is 16.5. The molecule has 0 aliphatic carbocycles. The maximum absolute atomic E-state index is 11.9. The fraction of sp³-hybridized carbons (Fsp3) is 0.294. The molecule has 2 amide bonds. The lowest BCUT2D eigenvalue weighted by molar-refractivity contribution is 0.146. The number of nitrogens with one attached hydrogen (secondary N) is 2. The van der Waals surface area contributed by atoms with Gasteiger partial charge in [-0.25, -0.2) is 4.79 Å². The maximum atomic E-state index is 11.9. The van der Waals surface area contributed by atoms with E-state index in [2.05, 4.69) is 15.6 Å². The number of benzene rings is 1. The van der Waals surface area contributed by atoms with Crippen molar-refractivity contribution in [3.05, 3.63) is 54.4 Å². The zero-order valence-electron chi connectivity index (χ0n) is 13.1. The lowest BCUT2D eigenvalue weighted by Gasteiger charge is -2.10. The standard InChI is InChI=1S/C17H21N3O3/c1-22-11-12-23-16-7-4-6-15(13-16)20-17(21)19-10-8-14-5-2-3-9-18-14/h2-7,9,13H,8,10-12H2,1H3,(H2,19,20,21). The van der Waals surface area contributed by atoms with Crippen molar-refractivity contribution in [3.8, 4) is 5.75 Å². The van der Waals surface area contributed by atoms with Crippen molar-refractivity contribution in [1.29, 1.82) is 0 Å². The van der Waals surface area contributed by atoms with Gasteiger partial charge in [-0.15, -0.1) is 0 Å². The van der Waals surface area contributed by atoms with E-state index in [1.165, 1.54) is 0 Å². The van der Waals surface area contributed by atoms with Crippen molar-refractivity contribution in [3.63, 3.8) is 0 Å². The fourth-order valence-corrected chi connectivity index (χ4v) is 1.93. The van der Waals surface area contributed by atoms with Crippen LogP contribution in [0.2, 0.25) is 0 Å². The van der Waals surface area contributed by atoms with Crippen LogP contribution < -0.4 is 15.4 Å². The molecule has 6 heteroatoms. The van der Waals surface area contributed by atoms with Crippen LogP contribution in [0.15, 0.2) is 48.7 Å². The quantitative estimate of drug-likeness (QED) is 0.734. The molecule has 1 aromatic heterocycles. The van der Waals surface area contributed by atoms with Gasteiger partial charge in [-0.2, -0.15) is 0 Å². The molecule has 2 rings (SSSR count). The topological polar surface area (TPSA) is 72.5 Å². The molecule has 0 spiro atoms. The number of hydrogen-bond acceptors (Lipinski definition) is 4. The molecule has 6 nitrogen and oxygen atoms in total. The van der Waals surface area contributed by atoms with Crippen molar-refractivity contribution < 1.29 is 14.3 Å². The molecule has 1 aromatic carbocycles. The first-order valence-electron chi connectivity index (χ1n) is 7.44. The van der Waals surface area contributed by atoms with Gasteiger partial charge in [-0.3, -0.25) is 4.98 Å². The fourth-order valence-electron chi connectivity index (χ4n) is 1.93. The van der Waals surface area contributed by atoms with E-state index in [0.29, 0.717) is 37.6 Å². The normalized spacial score (nSPS) is 10.1. The molecule has 0 unspecified atom stereocenters. The average Bonchev–Trinajstić information content (AvgIpc) is 2.56. The number of rotatable bonds is 8. The van der Waals surface area contributed by atoms with Crippen molar-refractivity contribution in [1.82, 2.24) is 10.3 Å². The van der Waals surface area contributed by atoms with Crippen molar-refractivity contribution >= 4 is 11.7 Å². The first-order valence-corrected chi connectivity index (χ1v) is 7.44. The molecular formula is C17H21N3O3. The molecular weight excluding hydrogens is 294 g/mol. The maximum Gasteiger partial charge on any atom is 0.319 e. The first-order chi connectivity index (χ1) is 11.3. The molecule has 0 aliphatic rings. The summed E-state index contributed by atoms with van der Waals surface area (Å²) in [4.78, 5) is 16.1. The van der Waals surface area contributed by atoms with Gasteiger partial charge in [0.1, 0.15) is 12.4 Å². The predicted octanol–water partition coefficient (Wildman–Crippen LogP) is 2.47. The second kappa shape index (κ2) is 9.42. The van der Waals surface area contributed by atoms with Gasteiger partial charge in [0, 0.05) is 43.7 Å². The van der Waals surface area contributed by atoms with E-state index in [-0.39, 0.29) is 6.03 Å². The number of anilines is 1. The molecule has 0 aliphatic heterocycles. The molecule has 2 N–H and O–H groups in total. The van der Waals surface area contributed by atoms with Crippen LogP contribution in [-0.4, -0.2) is 37.9 Å². The number of ether oxygens (including phenoxy) is 2. The van der Waals surface area contributed by atoms with Crippen molar-refractivity contribution in [2.24, 2.45) is 0 Å². The van der Waals surface area contributed by atoms with Gasteiger partial charge in [-0.1, -0.05) is 12.1 Å². The number of hydrogen-bond donors (Lipinski definition) is 2. The number of carbonyl (C=O) groups excluding carboxylic acids is 1. The number of amides is 2. The Bertz CT molecular complexity index is 605. The molecule has 1 heterocycles. The average molecular weight is 315 g/mol. The van der Waals surface area contributed by atoms with Gasteiger partial charge in [0.05, 0.1) is 6.61 Å². The number of carbonyl (C=O) groups is 1. The van der Waals surface area contributed by atoms with E-state index < -0.39 is 0 Å².